The van der Waals surface area contributed by atoms with Gasteiger partial charge in [-0.1, -0.05) is 32.0 Å². The molecular formula is C19H21N3O2. The molecule has 1 aromatic heterocycles. The second-order valence-electron chi connectivity index (χ2n) is 6.16. The number of imidazole rings is 1. The average Bonchev–Trinajstić information content (AvgIpc) is 3.03. The van der Waals surface area contributed by atoms with Crippen molar-refractivity contribution < 1.29 is 9.90 Å². The Hall–Kier alpha value is -2.66. The van der Waals surface area contributed by atoms with Crippen LogP contribution in [0, 0.1) is 5.92 Å². The molecule has 0 aliphatic rings. The summed E-state index contributed by atoms with van der Waals surface area (Å²) < 4.78 is 1.96. The standard InChI is InChI=1S/C19H21N3O2/c1-13(2)17(11-23)21-19(24)14-6-5-7-15(10-14)22-12-20-16-8-3-4-9-18(16)22/h3-10,12-13,17,23H,11H2,1-2H3,(H,21,24). The highest BCUT2D eigenvalue weighted by Gasteiger charge is 2.16. The second-order valence-corrected chi connectivity index (χ2v) is 6.16. The minimum Gasteiger partial charge on any atom is -0.394 e. The number of fused-ring (bicyclic) bond motifs is 1. The van der Waals surface area contributed by atoms with E-state index in [2.05, 4.69) is 10.3 Å². The number of aliphatic hydroxyl groups excluding tert-OH is 1. The fourth-order valence-corrected chi connectivity index (χ4v) is 2.64. The zero-order valence-electron chi connectivity index (χ0n) is 13.8. The third kappa shape index (κ3) is 3.16. The van der Waals surface area contributed by atoms with Crippen LogP contribution in [0.3, 0.4) is 0 Å². The van der Waals surface area contributed by atoms with E-state index in [-0.39, 0.29) is 24.5 Å². The molecule has 0 saturated carbocycles. The van der Waals surface area contributed by atoms with Gasteiger partial charge in [-0.15, -0.1) is 0 Å². The summed E-state index contributed by atoms with van der Waals surface area (Å²) in [7, 11) is 0. The Morgan fingerprint density at radius 3 is 2.75 bits per heavy atom. The van der Waals surface area contributed by atoms with E-state index >= 15 is 0 Å². The van der Waals surface area contributed by atoms with E-state index in [4.69, 9.17) is 0 Å². The van der Waals surface area contributed by atoms with Gasteiger partial charge in [0.1, 0.15) is 6.33 Å². The molecule has 0 bridgehead atoms. The van der Waals surface area contributed by atoms with Gasteiger partial charge in [0.05, 0.1) is 23.7 Å². The lowest BCUT2D eigenvalue weighted by atomic mass is 10.0. The number of aromatic nitrogens is 2. The largest absolute Gasteiger partial charge is 0.394 e. The Bertz CT molecular complexity index is 854. The van der Waals surface area contributed by atoms with Crippen LogP contribution >= 0.6 is 0 Å². The summed E-state index contributed by atoms with van der Waals surface area (Å²) in [6.07, 6.45) is 1.76. The molecule has 0 aliphatic heterocycles. The normalized spacial score (nSPS) is 12.5. The fraction of sp³-hybridized carbons (Fsp3) is 0.263. The van der Waals surface area contributed by atoms with Crippen molar-refractivity contribution in [1.29, 1.82) is 0 Å². The van der Waals surface area contributed by atoms with E-state index in [1.807, 2.05) is 60.9 Å². The molecule has 1 heterocycles. The second kappa shape index (κ2) is 6.84. The maximum atomic E-state index is 12.5. The van der Waals surface area contributed by atoms with Crippen LogP contribution in [0.5, 0.6) is 0 Å². The molecule has 0 aliphatic carbocycles. The van der Waals surface area contributed by atoms with Crippen molar-refractivity contribution in [3.05, 3.63) is 60.4 Å². The number of nitrogens with zero attached hydrogens (tertiary/aromatic N) is 2. The van der Waals surface area contributed by atoms with Crippen LogP contribution in [0.15, 0.2) is 54.9 Å². The number of carbonyl (C=O) groups is 1. The van der Waals surface area contributed by atoms with Gasteiger partial charge >= 0.3 is 0 Å². The van der Waals surface area contributed by atoms with Gasteiger partial charge in [-0.05, 0) is 36.2 Å². The van der Waals surface area contributed by atoms with Crippen LogP contribution in [-0.2, 0) is 0 Å². The van der Waals surface area contributed by atoms with Crippen LogP contribution in [0.2, 0.25) is 0 Å². The molecule has 5 heteroatoms. The van der Waals surface area contributed by atoms with E-state index in [0.717, 1.165) is 16.7 Å². The monoisotopic (exact) mass is 323 g/mol. The minimum absolute atomic E-state index is 0.0742. The van der Waals surface area contributed by atoms with Crippen LogP contribution in [0.1, 0.15) is 24.2 Å². The number of nitrogens with one attached hydrogen (secondary N) is 1. The summed E-state index contributed by atoms with van der Waals surface area (Å²) in [4.78, 5) is 16.8. The smallest absolute Gasteiger partial charge is 0.251 e. The summed E-state index contributed by atoms with van der Waals surface area (Å²) in [6.45, 7) is 3.86. The first-order chi connectivity index (χ1) is 11.6. The Balaban J connectivity index is 1.90. The molecule has 1 amide bonds. The van der Waals surface area contributed by atoms with Crippen LogP contribution in [0.25, 0.3) is 16.7 Å². The fourth-order valence-electron chi connectivity index (χ4n) is 2.64. The van der Waals surface area contributed by atoms with E-state index < -0.39 is 0 Å². The first-order valence-electron chi connectivity index (χ1n) is 8.04. The molecule has 124 valence electrons. The van der Waals surface area contributed by atoms with E-state index in [9.17, 15) is 9.90 Å². The molecule has 5 nitrogen and oxygen atoms in total. The van der Waals surface area contributed by atoms with Gasteiger partial charge < -0.3 is 10.4 Å². The molecule has 0 saturated heterocycles. The quantitative estimate of drug-likeness (QED) is 0.759. The zero-order valence-corrected chi connectivity index (χ0v) is 13.8. The highest BCUT2D eigenvalue weighted by molar-refractivity contribution is 5.95. The zero-order chi connectivity index (χ0) is 17.1. The molecular weight excluding hydrogens is 302 g/mol. The Morgan fingerprint density at radius 1 is 1.21 bits per heavy atom. The highest BCUT2D eigenvalue weighted by Crippen LogP contribution is 2.19. The van der Waals surface area contributed by atoms with Crippen molar-refractivity contribution in [2.75, 3.05) is 6.61 Å². The molecule has 2 aromatic carbocycles. The van der Waals surface area contributed by atoms with Gasteiger partial charge in [0.2, 0.25) is 0 Å². The lowest BCUT2D eigenvalue weighted by Gasteiger charge is -2.20. The molecule has 0 radical (unpaired) electrons. The van der Waals surface area contributed by atoms with Gasteiger partial charge in [-0.2, -0.15) is 0 Å². The van der Waals surface area contributed by atoms with Crippen molar-refractivity contribution in [3.8, 4) is 5.69 Å². The first kappa shape index (κ1) is 16.2. The van der Waals surface area contributed by atoms with Crippen molar-refractivity contribution in [2.24, 2.45) is 5.92 Å². The number of rotatable bonds is 5. The van der Waals surface area contributed by atoms with Crippen molar-refractivity contribution in [2.45, 2.75) is 19.9 Å². The number of amides is 1. The van der Waals surface area contributed by atoms with E-state index in [1.54, 1.807) is 12.4 Å². The molecule has 0 fully saturated rings. The maximum Gasteiger partial charge on any atom is 0.251 e. The molecule has 0 spiro atoms. The Kier molecular flexibility index (Phi) is 4.62. The maximum absolute atomic E-state index is 12.5. The van der Waals surface area contributed by atoms with E-state index in [1.165, 1.54) is 0 Å². The summed E-state index contributed by atoms with van der Waals surface area (Å²) >= 11 is 0. The Morgan fingerprint density at radius 2 is 2.00 bits per heavy atom. The van der Waals surface area contributed by atoms with Crippen molar-refractivity contribution in [3.63, 3.8) is 0 Å². The summed E-state index contributed by atoms with van der Waals surface area (Å²) in [5.74, 6) is -0.0197. The predicted molar refractivity (Wildman–Crippen MR) is 94.2 cm³/mol. The number of para-hydroxylation sites is 2. The topological polar surface area (TPSA) is 67.2 Å². The number of hydrogen-bond acceptors (Lipinski definition) is 3. The molecule has 1 atom stereocenters. The van der Waals surface area contributed by atoms with Gasteiger partial charge in [0.15, 0.2) is 0 Å². The summed E-state index contributed by atoms with van der Waals surface area (Å²) in [5, 5.41) is 12.3. The van der Waals surface area contributed by atoms with Gasteiger partial charge in [-0.25, -0.2) is 4.98 Å². The van der Waals surface area contributed by atoms with Crippen LogP contribution < -0.4 is 5.32 Å². The molecule has 3 rings (SSSR count). The lowest BCUT2D eigenvalue weighted by molar-refractivity contribution is 0.0897. The first-order valence-corrected chi connectivity index (χ1v) is 8.04. The van der Waals surface area contributed by atoms with Gasteiger partial charge in [0, 0.05) is 11.3 Å². The minimum atomic E-state index is -0.254. The number of hydrogen-bond donors (Lipinski definition) is 2. The Labute approximate surface area is 141 Å². The summed E-state index contributed by atoms with van der Waals surface area (Å²) in [6, 6.07) is 15.0. The van der Waals surface area contributed by atoms with Crippen LogP contribution in [0.4, 0.5) is 0 Å². The molecule has 1 unspecified atom stereocenters. The van der Waals surface area contributed by atoms with Gasteiger partial charge in [0.25, 0.3) is 5.91 Å². The number of benzene rings is 2. The number of aliphatic hydroxyl groups is 1. The van der Waals surface area contributed by atoms with Crippen LogP contribution in [-0.4, -0.2) is 33.2 Å². The molecule has 2 N–H and O–H groups in total. The van der Waals surface area contributed by atoms with Gasteiger partial charge in [-0.3, -0.25) is 9.36 Å². The van der Waals surface area contributed by atoms with Crippen molar-refractivity contribution >= 4 is 16.9 Å². The van der Waals surface area contributed by atoms with Crippen molar-refractivity contribution in [1.82, 2.24) is 14.9 Å². The third-order valence-corrected chi connectivity index (χ3v) is 4.16. The SMILES string of the molecule is CC(C)C(CO)NC(=O)c1cccc(-n2cnc3ccccc32)c1. The molecule has 24 heavy (non-hydrogen) atoms. The molecule has 3 aromatic rings. The average molecular weight is 323 g/mol. The highest BCUT2D eigenvalue weighted by atomic mass is 16.3. The predicted octanol–water partition coefficient (Wildman–Crippen LogP) is 2.77. The summed E-state index contributed by atoms with van der Waals surface area (Å²) in [5.41, 5.74) is 3.34. The third-order valence-electron chi connectivity index (χ3n) is 4.16. The number of carbonyl (C=O) groups excluding carboxylic acids is 1. The van der Waals surface area contributed by atoms with E-state index in [0.29, 0.717) is 5.56 Å². The lowest BCUT2D eigenvalue weighted by Crippen LogP contribution is -2.41.